The summed E-state index contributed by atoms with van der Waals surface area (Å²) < 4.78 is 1.80. The Kier molecular flexibility index (Phi) is 4.83. The van der Waals surface area contributed by atoms with Gasteiger partial charge in [0.15, 0.2) is 0 Å². The van der Waals surface area contributed by atoms with E-state index in [2.05, 4.69) is 27.2 Å². The minimum Gasteiger partial charge on any atom is -0.354 e. The maximum atomic E-state index is 12.6. The third-order valence-electron chi connectivity index (χ3n) is 4.51. The number of nitrogens with zero attached hydrogens (tertiary/aromatic N) is 4. The van der Waals surface area contributed by atoms with E-state index in [0.717, 1.165) is 12.4 Å². The molecule has 128 valence electrons. The predicted octanol–water partition coefficient (Wildman–Crippen LogP) is 3.49. The molecule has 6 nitrogen and oxygen atoms in total. The summed E-state index contributed by atoms with van der Waals surface area (Å²) in [5, 5.41) is 7.19. The van der Waals surface area contributed by atoms with Gasteiger partial charge in [-0.2, -0.15) is 5.10 Å². The summed E-state index contributed by atoms with van der Waals surface area (Å²) in [6.45, 7) is 7.28. The number of nitrogens with one attached hydrogen (secondary N) is 1. The molecule has 0 bridgehead atoms. The van der Waals surface area contributed by atoms with Crippen molar-refractivity contribution in [3.63, 3.8) is 0 Å². The van der Waals surface area contributed by atoms with E-state index in [1.165, 1.54) is 19.3 Å². The van der Waals surface area contributed by atoms with E-state index in [4.69, 9.17) is 0 Å². The molecule has 1 aliphatic heterocycles. The standard InChI is InChI=1S/C18H25N5O/c1-13(2)23-16(8-10-20-23)21-18(24)15-7-9-19-17(12-15)22-11-5-4-6-14(22)3/h7-10,12-14H,4-6,11H2,1-3H3,(H,21,24). The Morgan fingerprint density at radius 3 is 2.88 bits per heavy atom. The highest BCUT2D eigenvalue weighted by Crippen LogP contribution is 2.23. The zero-order chi connectivity index (χ0) is 17.1. The monoisotopic (exact) mass is 327 g/mol. The number of piperidine rings is 1. The van der Waals surface area contributed by atoms with Crippen LogP contribution in [0.25, 0.3) is 0 Å². The molecule has 1 fully saturated rings. The highest BCUT2D eigenvalue weighted by molar-refractivity contribution is 6.04. The number of hydrogen-bond acceptors (Lipinski definition) is 4. The van der Waals surface area contributed by atoms with Crippen LogP contribution in [-0.4, -0.2) is 33.3 Å². The normalized spacial score (nSPS) is 18.0. The Labute approximate surface area is 142 Å². The lowest BCUT2D eigenvalue weighted by Gasteiger charge is -2.34. The van der Waals surface area contributed by atoms with Gasteiger partial charge in [0.25, 0.3) is 5.91 Å². The van der Waals surface area contributed by atoms with Gasteiger partial charge in [0.1, 0.15) is 11.6 Å². The Hall–Kier alpha value is -2.37. The molecule has 2 aromatic rings. The van der Waals surface area contributed by atoms with Crippen molar-refractivity contribution in [3.05, 3.63) is 36.2 Å². The molecule has 6 heteroatoms. The number of anilines is 2. The summed E-state index contributed by atoms with van der Waals surface area (Å²) in [6, 6.07) is 6.10. The first kappa shape index (κ1) is 16.5. The fraction of sp³-hybridized carbons (Fsp3) is 0.500. The van der Waals surface area contributed by atoms with Crippen molar-refractivity contribution in [2.75, 3.05) is 16.8 Å². The highest BCUT2D eigenvalue weighted by atomic mass is 16.1. The fourth-order valence-electron chi connectivity index (χ4n) is 3.17. The first-order valence-electron chi connectivity index (χ1n) is 8.64. The summed E-state index contributed by atoms with van der Waals surface area (Å²) in [4.78, 5) is 19.4. The molecule has 1 unspecified atom stereocenters. The molecule has 24 heavy (non-hydrogen) atoms. The first-order valence-corrected chi connectivity index (χ1v) is 8.64. The van der Waals surface area contributed by atoms with Crippen LogP contribution < -0.4 is 10.2 Å². The van der Waals surface area contributed by atoms with Crippen molar-refractivity contribution in [2.24, 2.45) is 0 Å². The lowest BCUT2D eigenvalue weighted by atomic mass is 10.0. The van der Waals surface area contributed by atoms with Gasteiger partial charge in [0.2, 0.25) is 0 Å². The van der Waals surface area contributed by atoms with Crippen molar-refractivity contribution in [3.8, 4) is 0 Å². The quantitative estimate of drug-likeness (QED) is 0.933. The van der Waals surface area contributed by atoms with Gasteiger partial charge in [-0.05, 0) is 52.2 Å². The van der Waals surface area contributed by atoms with Gasteiger partial charge in [0, 0.05) is 36.5 Å². The largest absolute Gasteiger partial charge is 0.354 e. The maximum Gasteiger partial charge on any atom is 0.256 e. The van der Waals surface area contributed by atoms with Crippen LogP contribution in [0.5, 0.6) is 0 Å². The average Bonchev–Trinajstić information content (AvgIpc) is 3.04. The van der Waals surface area contributed by atoms with E-state index < -0.39 is 0 Å². The van der Waals surface area contributed by atoms with Gasteiger partial charge >= 0.3 is 0 Å². The Bertz CT molecular complexity index is 709. The van der Waals surface area contributed by atoms with Crippen molar-refractivity contribution in [1.29, 1.82) is 0 Å². The summed E-state index contributed by atoms with van der Waals surface area (Å²) in [7, 11) is 0. The average molecular weight is 327 g/mol. The van der Waals surface area contributed by atoms with Crippen LogP contribution >= 0.6 is 0 Å². The molecule has 1 N–H and O–H groups in total. The molecule has 1 aliphatic rings. The van der Waals surface area contributed by atoms with Crippen LogP contribution in [0.1, 0.15) is 56.4 Å². The number of aromatic nitrogens is 3. The van der Waals surface area contributed by atoms with Gasteiger partial charge in [-0.3, -0.25) is 4.79 Å². The summed E-state index contributed by atoms with van der Waals surface area (Å²) in [5.41, 5.74) is 0.620. The van der Waals surface area contributed by atoms with Crippen molar-refractivity contribution in [2.45, 2.75) is 52.1 Å². The number of pyridine rings is 1. The van der Waals surface area contributed by atoms with E-state index in [1.54, 1.807) is 23.1 Å². The topological polar surface area (TPSA) is 63.1 Å². The molecule has 1 atom stereocenters. The van der Waals surface area contributed by atoms with Crippen molar-refractivity contribution < 1.29 is 4.79 Å². The Morgan fingerprint density at radius 2 is 2.12 bits per heavy atom. The van der Waals surface area contributed by atoms with Crippen molar-refractivity contribution in [1.82, 2.24) is 14.8 Å². The minimum absolute atomic E-state index is 0.134. The predicted molar refractivity (Wildman–Crippen MR) is 95.5 cm³/mol. The van der Waals surface area contributed by atoms with Crippen molar-refractivity contribution >= 4 is 17.5 Å². The summed E-state index contributed by atoms with van der Waals surface area (Å²) in [6.07, 6.45) is 7.02. The van der Waals surface area contributed by atoms with E-state index >= 15 is 0 Å². The number of carbonyl (C=O) groups is 1. The molecule has 0 aromatic carbocycles. The third kappa shape index (κ3) is 3.42. The third-order valence-corrected chi connectivity index (χ3v) is 4.51. The van der Waals surface area contributed by atoms with E-state index in [-0.39, 0.29) is 11.9 Å². The Morgan fingerprint density at radius 1 is 1.29 bits per heavy atom. The molecule has 1 saturated heterocycles. The molecule has 0 saturated carbocycles. The second kappa shape index (κ2) is 7.03. The Balaban J connectivity index is 1.78. The number of hydrogen-bond donors (Lipinski definition) is 1. The van der Waals surface area contributed by atoms with Gasteiger partial charge < -0.3 is 10.2 Å². The molecule has 0 aliphatic carbocycles. The van der Waals surface area contributed by atoms with Gasteiger partial charge in [-0.15, -0.1) is 0 Å². The lowest BCUT2D eigenvalue weighted by Crippen LogP contribution is -2.38. The summed E-state index contributed by atoms with van der Waals surface area (Å²) >= 11 is 0. The van der Waals surface area contributed by atoms with Crippen LogP contribution in [-0.2, 0) is 0 Å². The number of rotatable bonds is 4. The van der Waals surface area contributed by atoms with Crippen LogP contribution in [0.3, 0.4) is 0 Å². The van der Waals surface area contributed by atoms with Crippen LogP contribution in [0.4, 0.5) is 11.6 Å². The zero-order valence-corrected chi connectivity index (χ0v) is 14.6. The molecule has 3 heterocycles. The molecular weight excluding hydrogens is 302 g/mol. The van der Waals surface area contributed by atoms with E-state index in [1.807, 2.05) is 26.0 Å². The molecule has 1 amide bonds. The fourth-order valence-corrected chi connectivity index (χ4v) is 3.17. The number of amides is 1. The van der Waals surface area contributed by atoms with Gasteiger partial charge in [-0.1, -0.05) is 0 Å². The maximum absolute atomic E-state index is 12.6. The second-order valence-corrected chi connectivity index (χ2v) is 6.65. The smallest absolute Gasteiger partial charge is 0.256 e. The molecule has 0 spiro atoms. The zero-order valence-electron chi connectivity index (χ0n) is 14.6. The van der Waals surface area contributed by atoms with Gasteiger partial charge in [-0.25, -0.2) is 9.67 Å². The molecule has 2 aromatic heterocycles. The first-order chi connectivity index (χ1) is 11.6. The number of carbonyl (C=O) groups excluding carboxylic acids is 1. The minimum atomic E-state index is -0.134. The summed E-state index contributed by atoms with van der Waals surface area (Å²) in [5.74, 6) is 1.46. The van der Waals surface area contributed by atoms with Gasteiger partial charge in [0.05, 0.1) is 6.20 Å². The van der Waals surface area contributed by atoms with Crippen LogP contribution in [0.2, 0.25) is 0 Å². The van der Waals surface area contributed by atoms with Crippen LogP contribution in [0.15, 0.2) is 30.6 Å². The highest BCUT2D eigenvalue weighted by Gasteiger charge is 2.20. The lowest BCUT2D eigenvalue weighted by molar-refractivity contribution is 0.102. The SMILES string of the molecule is CC1CCCCN1c1cc(C(=O)Nc2ccnn2C(C)C)ccn1. The van der Waals surface area contributed by atoms with E-state index in [9.17, 15) is 4.79 Å². The second-order valence-electron chi connectivity index (χ2n) is 6.65. The molecular formula is C18H25N5O. The van der Waals surface area contributed by atoms with Crippen LogP contribution in [0, 0.1) is 0 Å². The molecule has 0 radical (unpaired) electrons. The molecule has 3 rings (SSSR count). The van der Waals surface area contributed by atoms with E-state index in [0.29, 0.717) is 17.4 Å².